The number of rotatable bonds is 2. The number of phenolic OH excluding ortho intramolecular Hbond substituents is 1. The smallest absolute Gasteiger partial charge is 0.239 e. The lowest BCUT2D eigenvalue weighted by molar-refractivity contribution is -0.133. The van der Waals surface area contributed by atoms with Crippen molar-refractivity contribution in [1.29, 1.82) is 0 Å². The predicted molar refractivity (Wildman–Crippen MR) is 109 cm³/mol. The van der Waals surface area contributed by atoms with Crippen LogP contribution in [-0.4, -0.2) is 65.6 Å². The van der Waals surface area contributed by atoms with Crippen LogP contribution < -0.4 is 5.32 Å². The molecule has 150 valence electrons. The van der Waals surface area contributed by atoms with Gasteiger partial charge in [-0.1, -0.05) is 18.0 Å². The third kappa shape index (κ3) is 5.59. The third-order valence-corrected chi connectivity index (χ3v) is 6.36. The number of hydrogen-bond donors (Lipinski definition) is 2. The van der Waals surface area contributed by atoms with Crippen molar-refractivity contribution in [1.82, 2.24) is 15.1 Å². The molecule has 5 nitrogen and oxygen atoms in total. The minimum Gasteiger partial charge on any atom is -0.508 e. The summed E-state index contributed by atoms with van der Waals surface area (Å²) in [5, 5.41) is 12.9. The minimum atomic E-state index is 0.111. The number of carbonyl (C=O) groups is 1. The van der Waals surface area contributed by atoms with Crippen LogP contribution >= 0.6 is 11.6 Å². The highest BCUT2D eigenvalue weighted by Gasteiger charge is 2.30. The van der Waals surface area contributed by atoms with Gasteiger partial charge in [0.2, 0.25) is 5.91 Å². The van der Waals surface area contributed by atoms with Crippen molar-refractivity contribution >= 4 is 17.5 Å². The monoisotopic (exact) mass is 393 g/mol. The molecule has 0 spiro atoms. The highest BCUT2D eigenvalue weighted by molar-refractivity contribution is 6.31. The van der Waals surface area contributed by atoms with Gasteiger partial charge >= 0.3 is 0 Å². The molecular weight excluding hydrogens is 362 g/mol. The molecule has 2 saturated heterocycles. The fourth-order valence-corrected chi connectivity index (χ4v) is 4.14. The van der Waals surface area contributed by atoms with Crippen LogP contribution in [0.3, 0.4) is 0 Å². The SMILES string of the molecule is Cc1cc(O)ccc1Cl.O=C([C@H]1CCCN1)N1CCCN(C2CCC2)CC1. The first-order valence-electron chi connectivity index (χ1n) is 10.3. The summed E-state index contributed by atoms with van der Waals surface area (Å²) in [6.07, 6.45) is 7.47. The number of halogens is 1. The summed E-state index contributed by atoms with van der Waals surface area (Å²) in [5.74, 6) is 0.611. The Bertz CT molecular complexity index is 630. The van der Waals surface area contributed by atoms with Crippen LogP contribution in [0.2, 0.25) is 5.02 Å². The summed E-state index contributed by atoms with van der Waals surface area (Å²) >= 11 is 5.67. The molecule has 0 aromatic heterocycles. The zero-order valence-corrected chi connectivity index (χ0v) is 17.0. The van der Waals surface area contributed by atoms with Crippen molar-refractivity contribution in [3.8, 4) is 5.75 Å². The third-order valence-electron chi connectivity index (χ3n) is 5.93. The molecular formula is C21H32ClN3O2. The number of benzene rings is 1. The van der Waals surface area contributed by atoms with Gasteiger partial charge in [-0.15, -0.1) is 0 Å². The van der Waals surface area contributed by atoms with Gasteiger partial charge in [0.1, 0.15) is 5.75 Å². The zero-order valence-electron chi connectivity index (χ0n) is 16.3. The van der Waals surface area contributed by atoms with E-state index in [0.29, 0.717) is 10.9 Å². The second-order valence-electron chi connectivity index (χ2n) is 7.88. The normalized spacial score (nSPS) is 23.9. The Labute approximate surface area is 167 Å². The lowest BCUT2D eigenvalue weighted by atomic mass is 9.91. The van der Waals surface area contributed by atoms with Gasteiger partial charge in [-0.3, -0.25) is 9.69 Å². The van der Waals surface area contributed by atoms with E-state index in [2.05, 4.69) is 15.1 Å². The number of amides is 1. The zero-order chi connectivity index (χ0) is 19.2. The van der Waals surface area contributed by atoms with E-state index in [1.165, 1.54) is 25.8 Å². The highest BCUT2D eigenvalue weighted by Crippen LogP contribution is 2.25. The maximum atomic E-state index is 12.4. The van der Waals surface area contributed by atoms with Crippen LogP contribution in [0.25, 0.3) is 0 Å². The number of hydrogen-bond acceptors (Lipinski definition) is 4. The first-order chi connectivity index (χ1) is 13.0. The highest BCUT2D eigenvalue weighted by atomic mass is 35.5. The van der Waals surface area contributed by atoms with Gasteiger partial charge in [0.25, 0.3) is 0 Å². The molecule has 1 atom stereocenters. The van der Waals surface area contributed by atoms with Crippen LogP contribution in [0.1, 0.15) is 44.1 Å². The molecule has 0 radical (unpaired) electrons. The molecule has 2 aliphatic heterocycles. The van der Waals surface area contributed by atoms with Crippen LogP contribution in [-0.2, 0) is 4.79 Å². The molecule has 2 heterocycles. The summed E-state index contributed by atoms with van der Waals surface area (Å²) in [6, 6.07) is 5.80. The topological polar surface area (TPSA) is 55.8 Å². The van der Waals surface area contributed by atoms with Gasteiger partial charge in [0.05, 0.1) is 6.04 Å². The number of aryl methyl sites for hydroxylation is 1. The van der Waals surface area contributed by atoms with E-state index in [-0.39, 0.29) is 11.8 Å². The van der Waals surface area contributed by atoms with Crippen LogP contribution in [0.15, 0.2) is 18.2 Å². The predicted octanol–water partition coefficient (Wildman–Crippen LogP) is 3.18. The maximum absolute atomic E-state index is 12.4. The first kappa shape index (κ1) is 20.4. The summed E-state index contributed by atoms with van der Waals surface area (Å²) < 4.78 is 0. The van der Waals surface area contributed by atoms with E-state index < -0.39 is 0 Å². The number of nitrogens with one attached hydrogen (secondary N) is 1. The average Bonchev–Trinajstić information content (AvgIpc) is 3.04. The first-order valence-corrected chi connectivity index (χ1v) is 10.6. The molecule has 2 N–H and O–H groups in total. The number of nitrogens with zero attached hydrogens (tertiary/aromatic N) is 2. The second-order valence-corrected chi connectivity index (χ2v) is 8.29. The van der Waals surface area contributed by atoms with E-state index >= 15 is 0 Å². The Balaban J connectivity index is 0.000000197. The van der Waals surface area contributed by atoms with Crippen molar-refractivity contribution in [3.63, 3.8) is 0 Å². The lowest BCUT2D eigenvalue weighted by Gasteiger charge is -2.36. The fourth-order valence-electron chi connectivity index (χ4n) is 4.02. The molecule has 0 bridgehead atoms. The molecule has 4 rings (SSSR count). The molecule has 6 heteroatoms. The fraction of sp³-hybridized carbons (Fsp3) is 0.667. The Morgan fingerprint density at radius 3 is 2.52 bits per heavy atom. The Hall–Kier alpha value is -1.30. The van der Waals surface area contributed by atoms with Crippen molar-refractivity contribution in [3.05, 3.63) is 28.8 Å². The molecule has 1 aromatic rings. The Morgan fingerprint density at radius 1 is 1.11 bits per heavy atom. The standard InChI is InChI=1S/C14H25N3O.C7H7ClO/c18-14(13-6-2-7-15-13)17-9-3-8-16(10-11-17)12-4-1-5-12;1-5-4-6(9)2-3-7(5)8/h12-13,15H,1-11H2;2-4,9H,1H3/t13-;/m1./s1. The molecule has 27 heavy (non-hydrogen) atoms. The summed E-state index contributed by atoms with van der Waals surface area (Å²) in [5.41, 5.74) is 0.900. The van der Waals surface area contributed by atoms with Crippen molar-refractivity contribution in [2.24, 2.45) is 0 Å². The molecule has 3 aliphatic rings. The molecule has 1 saturated carbocycles. The van der Waals surface area contributed by atoms with E-state index in [1.54, 1.807) is 18.2 Å². The minimum absolute atomic E-state index is 0.111. The number of carbonyl (C=O) groups excluding carboxylic acids is 1. The lowest BCUT2D eigenvalue weighted by Crippen LogP contribution is -2.46. The van der Waals surface area contributed by atoms with E-state index in [1.807, 2.05) is 6.92 Å². The Morgan fingerprint density at radius 2 is 1.93 bits per heavy atom. The van der Waals surface area contributed by atoms with Crippen molar-refractivity contribution in [2.75, 3.05) is 32.7 Å². The van der Waals surface area contributed by atoms with E-state index in [4.69, 9.17) is 16.7 Å². The van der Waals surface area contributed by atoms with Gasteiger partial charge in [-0.05, 0) is 69.3 Å². The summed E-state index contributed by atoms with van der Waals surface area (Å²) in [7, 11) is 0. The van der Waals surface area contributed by atoms with E-state index in [0.717, 1.165) is 57.0 Å². The van der Waals surface area contributed by atoms with Crippen LogP contribution in [0.4, 0.5) is 0 Å². The number of phenols is 1. The van der Waals surface area contributed by atoms with Crippen molar-refractivity contribution in [2.45, 2.75) is 57.5 Å². The largest absolute Gasteiger partial charge is 0.508 e. The maximum Gasteiger partial charge on any atom is 0.239 e. The number of aromatic hydroxyl groups is 1. The average molecular weight is 394 g/mol. The van der Waals surface area contributed by atoms with Gasteiger partial charge in [0.15, 0.2) is 0 Å². The van der Waals surface area contributed by atoms with Gasteiger partial charge in [-0.2, -0.15) is 0 Å². The molecule has 3 fully saturated rings. The summed E-state index contributed by atoms with van der Waals surface area (Å²) in [6.45, 7) is 7.03. The van der Waals surface area contributed by atoms with E-state index in [9.17, 15) is 4.79 Å². The molecule has 1 amide bonds. The Kier molecular flexibility index (Phi) is 7.39. The second kappa shape index (κ2) is 9.76. The van der Waals surface area contributed by atoms with Gasteiger partial charge in [-0.25, -0.2) is 0 Å². The molecule has 1 aromatic carbocycles. The molecule has 0 unspecified atom stereocenters. The van der Waals surface area contributed by atoms with Crippen molar-refractivity contribution < 1.29 is 9.90 Å². The van der Waals surface area contributed by atoms with Crippen LogP contribution in [0, 0.1) is 6.92 Å². The van der Waals surface area contributed by atoms with Crippen LogP contribution in [0.5, 0.6) is 5.75 Å². The van der Waals surface area contributed by atoms with Gasteiger partial charge < -0.3 is 15.3 Å². The quantitative estimate of drug-likeness (QED) is 0.810. The summed E-state index contributed by atoms with van der Waals surface area (Å²) in [4.78, 5) is 17.1. The molecule has 1 aliphatic carbocycles. The van der Waals surface area contributed by atoms with Gasteiger partial charge in [0, 0.05) is 37.2 Å².